The Hall–Kier alpha value is 0.340. The van der Waals surface area contributed by atoms with Gasteiger partial charge in [-0.25, -0.2) is 4.57 Å². The molecule has 0 rings (SSSR count). The SMILES string of the molecule is CCCCCCCCCCCCCCCCC(CSCC(COP(=O)(O)OCC[N+](C)(C)C)OC)OC. The Balaban J connectivity index is 3.77. The molecule has 0 bridgehead atoms. The van der Waals surface area contributed by atoms with Crippen molar-refractivity contribution in [1.29, 1.82) is 0 Å². The Kier molecular flexibility index (Phi) is 24.4. The monoisotopic (exact) mass is 570 g/mol. The van der Waals surface area contributed by atoms with Gasteiger partial charge in [-0.1, -0.05) is 96.8 Å². The van der Waals surface area contributed by atoms with Crippen molar-refractivity contribution in [2.75, 3.05) is 66.6 Å². The molecule has 0 aromatic carbocycles. The molecule has 37 heavy (non-hydrogen) atoms. The van der Waals surface area contributed by atoms with Crippen molar-refractivity contribution in [3.8, 4) is 0 Å². The fourth-order valence-corrected chi connectivity index (χ4v) is 5.93. The van der Waals surface area contributed by atoms with E-state index < -0.39 is 7.82 Å². The number of unbranched alkanes of at least 4 members (excludes halogenated alkanes) is 13. The first-order chi connectivity index (χ1) is 17.6. The Morgan fingerprint density at radius 3 is 1.65 bits per heavy atom. The lowest BCUT2D eigenvalue weighted by atomic mass is 10.0. The summed E-state index contributed by atoms with van der Waals surface area (Å²) in [5.74, 6) is 1.56. The van der Waals surface area contributed by atoms with Crippen LogP contribution in [0.15, 0.2) is 0 Å². The van der Waals surface area contributed by atoms with Crippen LogP contribution in [0.1, 0.15) is 103 Å². The largest absolute Gasteiger partial charge is 0.472 e. The Labute approximate surface area is 233 Å². The summed E-state index contributed by atoms with van der Waals surface area (Å²) in [5.41, 5.74) is 0. The molecule has 0 aliphatic heterocycles. The number of thioether (sulfide) groups is 1. The maximum absolute atomic E-state index is 12.1. The molecule has 0 amide bonds. The van der Waals surface area contributed by atoms with E-state index >= 15 is 0 Å². The van der Waals surface area contributed by atoms with E-state index in [0.29, 0.717) is 16.8 Å². The highest BCUT2D eigenvalue weighted by atomic mass is 32.2. The maximum Gasteiger partial charge on any atom is 0.472 e. The molecule has 9 heteroatoms. The van der Waals surface area contributed by atoms with Crippen LogP contribution < -0.4 is 0 Å². The van der Waals surface area contributed by atoms with Gasteiger partial charge in [0.1, 0.15) is 13.2 Å². The van der Waals surface area contributed by atoms with E-state index in [4.69, 9.17) is 18.5 Å². The van der Waals surface area contributed by atoms with E-state index in [0.717, 1.165) is 12.2 Å². The first-order valence-corrected chi connectivity index (χ1v) is 17.3. The van der Waals surface area contributed by atoms with Gasteiger partial charge in [0.2, 0.25) is 0 Å². The second-order valence-corrected chi connectivity index (χ2v) is 13.8. The predicted octanol–water partition coefficient (Wildman–Crippen LogP) is 7.46. The van der Waals surface area contributed by atoms with Crippen LogP contribution in [0, 0.1) is 0 Å². The highest BCUT2D eigenvalue weighted by Gasteiger charge is 2.24. The summed E-state index contributed by atoms with van der Waals surface area (Å²) < 4.78 is 34.0. The molecular weight excluding hydrogens is 509 g/mol. The van der Waals surface area contributed by atoms with E-state index in [1.807, 2.05) is 21.1 Å². The molecule has 1 N–H and O–H groups in total. The third kappa shape index (κ3) is 26.3. The van der Waals surface area contributed by atoms with Crippen molar-refractivity contribution in [2.45, 2.75) is 115 Å². The van der Waals surface area contributed by atoms with Gasteiger partial charge in [-0.15, -0.1) is 0 Å². The highest BCUT2D eigenvalue weighted by molar-refractivity contribution is 7.99. The van der Waals surface area contributed by atoms with E-state index in [1.54, 1.807) is 26.0 Å². The van der Waals surface area contributed by atoms with Crippen LogP contribution >= 0.6 is 19.6 Å². The van der Waals surface area contributed by atoms with E-state index in [9.17, 15) is 9.46 Å². The van der Waals surface area contributed by atoms with Gasteiger partial charge in [-0.3, -0.25) is 9.05 Å². The number of hydrogen-bond acceptors (Lipinski definition) is 6. The molecule has 0 spiro atoms. The van der Waals surface area contributed by atoms with E-state index in [-0.39, 0.29) is 25.4 Å². The van der Waals surface area contributed by atoms with E-state index in [2.05, 4.69) is 6.92 Å². The number of phosphoric ester groups is 1. The molecule has 0 radical (unpaired) electrons. The molecule has 3 unspecified atom stereocenters. The fraction of sp³-hybridized carbons (Fsp3) is 1.00. The van der Waals surface area contributed by atoms with Crippen molar-refractivity contribution in [3.05, 3.63) is 0 Å². The first-order valence-electron chi connectivity index (χ1n) is 14.7. The van der Waals surface area contributed by atoms with Crippen molar-refractivity contribution in [3.63, 3.8) is 0 Å². The zero-order valence-electron chi connectivity index (χ0n) is 25.1. The predicted molar refractivity (Wildman–Crippen MR) is 158 cm³/mol. The zero-order valence-corrected chi connectivity index (χ0v) is 26.8. The van der Waals surface area contributed by atoms with Gasteiger partial charge in [0.25, 0.3) is 0 Å². The highest BCUT2D eigenvalue weighted by Crippen LogP contribution is 2.43. The average molecular weight is 571 g/mol. The number of hydrogen-bond donors (Lipinski definition) is 1. The van der Waals surface area contributed by atoms with Gasteiger partial charge in [0.15, 0.2) is 0 Å². The van der Waals surface area contributed by atoms with Crippen molar-refractivity contribution in [2.24, 2.45) is 0 Å². The van der Waals surface area contributed by atoms with Gasteiger partial charge in [0, 0.05) is 25.7 Å². The third-order valence-electron chi connectivity index (χ3n) is 6.59. The molecule has 0 saturated carbocycles. The quantitative estimate of drug-likeness (QED) is 0.0594. The van der Waals surface area contributed by atoms with Crippen molar-refractivity contribution >= 4 is 19.6 Å². The summed E-state index contributed by atoms with van der Waals surface area (Å²) in [6.07, 6.45) is 20.2. The Morgan fingerprint density at radius 2 is 1.19 bits per heavy atom. The molecule has 3 atom stereocenters. The summed E-state index contributed by atoms with van der Waals surface area (Å²) in [4.78, 5) is 9.89. The number of methoxy groups -OCH3 is 2. The van der Waals surface area contributed by atoms with Gasteiger partial charge in [0.05, 0.1) is 40.0 Å². The fourth-order valence-electron chi connectivity index (χ4n) is 4.00. The summed E-state index contributed by atoms with van der Waals surface area (Å²) in [7, 11) is 5.30. The smallest absolute Gasteiger partial charge is 0.381 e. The minimum absolute atomic E-state index is 0.0261. The van der Waals surface area contributed by atoms with Gasteiger partial charge >= 0.3 is 7.82 Å². The molecule has 0 aromatic rings. The van der Waals surface area contributed by atoms with Gasteiger partial charge < -0.3 is 18.9 Å². The Morgan fingerprint density at radius 1 is 0.730 bits per heavy atom. The normalized spacial score (nSPS) is 15.5. The number of phosphoric acid groups is 1. The zero-order chi connectivity index (χ0) is 27.8. The van der Waals surface area contributed by atoms with Gasteiger partial charge in [-0.05, 0) is 6.42 Å². The third-order valence-corrected chi connectivity index (χ3v) is 8.79. The summed E-state index contributed by atoms with van der Waals surface area (Å²) >= 11 is 1.73. The molecule has 0 aromatic heterocycles. The molecule has 7 nitrogen and oxygen atoms in total. The van der Waals surface area contributed by atoms with Crippen LogP contribution in [0.25, 0.3) is 0 Å². The topological polar surface area (TPSA) is 74.2 Å². The molecule has 224 valence electrons. The molecule has 0 saturated heterocycles. The standard InChI is InChI=1S/C28H60NO6PS/c1-7-8-9-10-11-12-13-14-15-16-17-18-19-20-21-27(32-5)25-37-26-28(33-6)24-35-36(30,31)34-23-22-29(2,3)4/h27-28H,7-26H2,1-6H3/p+1. The number of quaternary nitrogens is 1. The molecule has 0 fully saturated rings. The number of ether oxygens (including phenoxy) is 2. The van der Waals surface area contributed by atoms with Gasteiger partial charge in [-0.2, -0.15) is 11.8 Å². The van der Waals surface area contributed by atoms with Crippen molar-refractivity contribution < 1.29 is 32.5 Å². The van der Waals surface area contributed by atoms with Crippen LogP contribution in [0.2, 0.25) is 0 Å². The number of rotatable bonds is 28. The van der Waals surface area contributed by atoms with E-state index in [1.165, 1.54) is 89.9 Å². The second kappa shape index (κ2) is 24.2. The van der Waals surface area contributed by atoms with Crippen LogP contribution in [0.4, 0.5) is 0 Å². The lowest BCUT2D eigenvalue weighted by Gasteiger charge is -2.24. The van der Waals surface area contributed by atoms with Crippen LogP contribution in [-0.2, 0) is 23.1 Å². The molecule has 0 aliphatic rings. The summed E-state index contributed by atoms with van der Waals surface area (Å²) in [6.45, 7) is 3.09. The maximum atomic E-state index is 12.1. The Bertz CT molecular complexity index is 549. The molecule has 0 heterocycles. The minimum atomic E-state index is -4.07. The van der Waals surface area contributed by atoms with Crippen LogP contribution in [-0.4, -0.2) is 88.2 Å². The minimum Gasteiger partial charge on any atom is -0.381 e. The molecule has 0 aliphatic carbocycles. The summed E-state index contributed by atoms with van der Waals surface area (Å²) in [5, 5.41) is 0. The number of likely N-dealkylation sites (N-methyl/N-ethyl adjacent to an activating group) is 1. The first kappa shape index (κ1) is 37.3. The lowest BCUT2D eigenvalue weighted by molar-refractivity contribution is -0.870. The second-order valence-electron chi connectivity index (χ2n) is 11.2. The molecular formula is C28H61NO6PS+. The van der Waals surface area contributed by atoms with Crippen LogP contribution in [0.5, 0.6) is 0 Å². The van der Waals surface area contributed by atoms with Crippen molar-refractivity contribution in [1.82, 2.24) is 0 Å². The lowest BCUT2D eigenvalue weighted by Crippen LogP contribution is -2.37. The average Bonchev–Trinajstić information content (AvgIpc) is 2.84. The number of nitrogens with zero attached hydrogens (tertiary/aromatic N) is 1. The van der Waals surface area contributed by atoms with Crippen LogP contribution in [0.3, 0.4) is 0 Å². The summed E-state index contributed by atoms with van der Waals surface area (Å²) in [6, 6.07) is 0.